The smallest absolute Gasteiger partial charge is 0.267 e. The zero-order valence-corrected chi connectivity index (χ0v) is 12.7. The second kappa shape index (κ2) is 6.50. The molecule has 0 saturated carbocycles. The fourth-order valence-electron chi connectivity index (χ4n) is 2.07. The zero-order chi connectivity index (χ0) is 15.4. The first-order valence-electron chi connectivity index (χ1n) is 6.60. The molecule has 3 aromatic rings. The minimum absolute atomic E-state index is 0.182. The minimum atomic E-state index is -0.182. The number of hydrogen-bond acceptors (Lipinski definition) is 5. The van der Waals surface area contributed by atoms with Crippen molar-refractivity contribution in [1.29, 1.82) is 0 Å². The Labute approximate surface area is 131 Å². The monoisotopic (exact) mass is 314 g/mol. The normalized spacial score (nSPS) is 10.6. The number of methoxy groups -OCH3 is 1. The van der Waals surface area contributed by atoms with Gasteiger partial charge in [-0.3, -0.25) is 9.89 Å². The maximum atomic E-state index is 12.4. The Bertz CT molecular complexity index is 767. The van der Waals surface area contributed by atoms with Gasteiger partial charge in [0.1, 0.15) is 4.88 Å². The molecule has 2 heterocycles. The Hall–Kier alpha value is -2.51. The second-order valence-corrected chi connectivity index (χ2v) is 5.44. The molecule has 112 valence electrons. The van der Waals surface area contributed by atoms with E-state index in [1.807, 2.05) is 24.3 Å². The van der Waals surface area contributed by atoms with E-state index in [9.17, 15) is 4.79 Å². The van der Waals surface area contributed by atoms with Crippen LogP contribution < -0.4 is 5.32 Å². The van der Waals surface area contributed by atoms with Gasteiger partial charge in [-0.15, -0.1) is 11.3 Å². The highest BCUT2D eigenvalue weighted by atomic mass is 32.1. The molecule has 2 N–H and O–H groups in total. The molecular weight excluding hydrogens is 300 g/mol. The van der Waals surface area contributed by atoms with Crippen molar-refractivity contribution >= 4 is 22.9 Å². The highest BCUT2D eigenvalue weighted by molar-refractivity contribution is 7.12. The molecular formula is C15H14N4O2S. The van der Waals surface area contributed by atoms with Crippen molar-refractivity contribution in [3.05, 3.63) is 52.7 Å². The van der Waals surface area contributed by atoms with Crippen LogP contribution in [0.2, 0.25) is 0 Å². The maximum Gasteiger partial charge on any atom is 0.267 e. The molecule has 1 amide bonds. The first-order valence-corrected chi connectivity index (χ1v) is 7.48. The third-order valence-corrected chi connectivity index (χ3v) is 3.95. The van der Waals surface area contributed by atoms with E-state index in [2.05, 4.69) is 20.5 Å². The minimum Gasteiger partial charge on any atom is -0.378 e. The Kier molecular flexibility index (Phi) is 4.27. The molecule has 0 aliphatic carbocycles. The van der Waals surface area contributed by atoms with Gasteiger partial charge >= 0.3 is 0 Å². The van der Waals surface area contributed by atoms with E-state index in [4.69, 9.17) is 4.74 Å². The van der Waals surface area contributed by atoms with Crippen LogP contribution in [0.1, 0.15) is 15.4 Å². The Morgan fingerprint density at radius 3 is 3.09 bits per heavy atom. The predicted octanol–water partition coefficient (Wildman–Crippen LogP) is 2.93. The lowest BCUT2D eigenvalue weighted by atomic mass is 10.1. The van der Waals surface area contributed by atoms with Gasteiger partial charge in [-0.05, 0) is 17.7 Å². The van der Waals surface area contributed by atoms with Gasteiger partial charge in [0.05, 0.1) is 24.0 Å². The number of anilines is 1. The summed E-state index contributed by atoms with van der Waals surface area (Å²) >= 11 is 1.30. The standard InChI is InChI=1S/C15H14N4O2S/c1-21-8-13-14(22-9-16-13)15(20)19-12-4-2-3-10(5-12)11-6-17-18-7-11/h2-7,9H,8H2,1H3,(H,17,18)(H,19,20). The van der Waals surface area contributed by atoms with E-state index in [0.29, 0.717) is 17.2 Å². The third kappa shape index (κ3) is 3.05. The molecule has 0 aliphatic rings. The van der Waals surface area contributed by atoms with Crippen LogP contribution in [0.4, 0.5) is 5.69 Å². The number of amides is 1. The van der Waals surface area contributed by atoms with Crippen LogP contribution in [0.5, 0.6) is 0 Å². The highest BCUT2D eigenvalue weighted by Crippen LogP contribution is 2.23. The lowest BCUT2D eigenvalue weighted by molar-refractivity contribution is 0.102. The van der Waals surface area contributed by atoms with Gasteiger partial charge in [-0.1, -0.05) is 12.1 Å². The largest absolute Gasteiger partial charge is 0.378 e. The van der Waals surface area contributed by atoms with Gasteiger partial charge in [0.15, 0.2) is 0 Å². The number of nitrogens with one attached hydrogen (secondary N) is 2. The van der Waals surface area contributed by atoms with Crippen LogP contribution in [0.3, 0.4) is 0 Å². The topological polar surface area (TPSA) is 79.9 Å². The van der Waals surface area contributed by atoms with E-state index >= 15 is 0 Å². The number of hydrogen-bond donors (Lipinski definition) is 2. The van der Waals surface area contributed by atoms with Crippen molar-refractivity contribution in [2.45, 2.75) is 6.61 Å². The number of carbonyl (C=O) groups excluding carboxylic acids is 1. The van der Waals surface area contributed by atoms with Gasteiger partial charge in [-0.25, -0.2) is 4.98 Å². The van der Waals surface area contributed by atoms with Crippen molar-refractivity contribution < 1.29 is 9.53 Å². The van der Waals surface area contributed by atoms with Crippen LogP contribution in [0.15, 0.2) is 42.2 Å². The molecule has 0 radical (unpaired) electrons. The maximum absolute atomic E-state index is 12.4. The van der Waals surface area contributed by atoms with Crippen molar-refractivity contribution in [3.63, 3.8) is 0 Å². The fraction of sp³-hybridized carbons (Fsp3) is 0.133. The molecule has 0 aliphatic heterocycles. The molecule has 0 fully saturated rings. The molecule has 22 heavy (non-hydrogen) atoms. The average Bonchev–Trinajstić information content (AvgIpc) is 3.19. The fourth-order valence-corrected chi connectivity index (χ4v) is 2.76. The molecule has 3 rings (SSSR count). The van der Waals surface area contributed by atoms with Gasteiger partial charge in [-0.2, -0.15) is 5.10 Å². The summed E-state index contributed by atoms with van der Waals surface area (Å²) in [4.78, 5) is 17.1. The SMILES string of the molecule is COCc1ncsc1C(=O)Nc1cccc(-c2cn[nH]c2)c1. The van der Waals surface area contributed by atoms with E-state index in [0.717, 1.165) is 16.8 Å². The third-order valence-electron chi connectivity index (χ3n) is 3.08. The van der Waals surface area contributed by atoms with Crippen LogP contribution in [0.25, 0.3) is 11.1 Å². The lowest BCUT2D eigenvalue weighted by Gasteiger charge is -2.06. The molecule has 2 aromatic heterocycles. The van der Waals surface area contributed by atoms with E-state index < -0.39 is 0 Å². The zero-order valence-electron chi connectivity index (χ0n) is 11.9. The Morgan fingerprint density at radius 2 is 2.32 bits per heavy atom. The van der Waals surface area contributed by atoms with Crippen molar-refractivity contribution in [2.24, 2.45) is 0 Å². The van der Waals surface area contributed by atoms with Crippen molar-refractivity contribution in [3.8, 4) is 11.1 Å². The van der Waals surface area contributed by atoms with Crippen LogP contribution in [0, 0.1) is 0 Å². The number of rotatable bonds is 5. The molecule has 1 aromatic carbocycles. The number of carbonyl (C=O) groups is 1. The summed E-state index contributed by atoms with van der Waals surface area (Å²) in [5, 5.41) is 9.59. The number of aromatic nitrogens is 3. The van der Waals surface area contributed by atoms with Crippen LogP contribution in [-0.2, 0) is 11.3 Å². The number of aromatic amines is 1. The summed E-state index contributed by atoms with van der Waals surface area (Å²) in [5.74, 6) is -0.182. The summed E-state index contributed by atoms with van der Waals surface area (Å²) in [6, 6.07) is 7.60. The van der Waals surface area contributed by atoms with Gasteiger partial charge < -0.3 is 10.1 Å². The van der Waals surface area contributed by atoms with Crippen molar-refractivity contribution in [2.75, 3.05) is 12.4 Å². The summed E-state index contributed by atoms with van der Waals surface area (Å²) < 4.78 is 5.05. The van der Waals surface area contributed by atoms with Crippen LogP contribution in [-0.4, -0.2) is 28.2 Å². The number of ether oxygens (including phenoxy) is 1. The molecule has 0 atom stereocenters. The first kappa shape index (κ1) is 14.4. The van der Waals surface area contributed by atoms with E-state index in [1.165, 1.54) is 11.3 Å². The number of H-pyrrole nitrogens is 1. The van der Waals surface area contributed by atoms with Gasteiger partial charge in [0.2, 0.25) is 0 Å². The Balaban J connectivity index is 1.79. The molecule has 0 saturated heterocycles. The summed E-state index contributed by atoms with van der Waals surface area (Å²) in [5.41, 5.74) is 4.96. The average molecular weight is 314 g/mol. The molecule has 0 spiro atoms. The lowest BCUT2D eigenvalue weighted by Crippen LogP contribution is -2.12. The molecule has 6 nitrogen and oxygen atoms in total. The summed E-state index contributed by atoms with van der Waals surface area (Å²) in [6.45, 7) is 0.321. The second-order valence-electron chi connectivity index (χ2n) is 4.58. The van der Waals surface area contributed by atoms with E-state index in [-0.39, 0.29) is 5.91 Å². The quantitative estimate of drug-likeness (QED) is 0.759. The highest BCUT2D eigenvalue weighted by Gasteiger charge is 2.15. The number of thiazole rings is 1. The number of benzene rings is 1. The molecule has 0 unspecified atom stereocenters. The molecule has 0 bridgehead atoms. The predicted molar refractivity (Wildman–Crippen MR) is 84.8 cm³/mol. The van der Waals surface area contributed by atoms with Gasteiger partial charge in [0.25, 0.3) is 5.91 Å². The first-order chi connectivity index (χ1) is 10.8. The number of nitrogens with zero attached hydrogens (tertiary/aromatic N) is 2. The molecule has 7 heteroatoms. The van der Waals surface area contributed by atoms with Gasteiger partial charge in [0, 0.05) is 24.6 Å². The summed E-state index contributed by atoms with van der Waals surface area (Å²) in [6.07, 6.45) is 3.54. The Morgan fingerprint density at radius 1 is 1.41 bits per heavy atom. The van der Waals surface area contributed by atoms with E-state index in [1.54, 1.807) is 25.0 Å². The van der Waals surface area contributed by atoms with Crippen LogP contribution >= 0.6 is 11.3 Å². The summed E-state index contributed by atoms with van der Waals surface area (Å²) in [7, 11) is 1.58. The van der Waals surface area contributed by atoms with Crippen molar-refractivity contribution in [1.82, 2.24) is 15.2 Å².